The van der Waals surface area contributed by atoms with E-state index in [4.69, 9.17) is 0 Å². The highest BCUT2D eigenvalue weighted by atomic mass is 32.2. The molecule has 1 atom stereocenters. The molecule has 1 amide bonds. The van der Waals surface area contributed by atoms with E-state index in [2.05, 4.69) is 10.1 Å². The van der Waals surface area contributed by atoms with Gasteiger partial charge in [-0.15, -0.1) is 0 Å². The van der Waals surface area contributed by atoms with Gasteiger partial charge < -0.3 is 4.90 Å². The molecule has 0 saturated carbocycles. The molecule has 34 heavy (non-hydrogen) atoms. The lowest BCUT2D eigenvalue weighted by Gasteiger charge is -2.26. The third kappa shape index (κ3) is 5.37. The Morgan fingerprint density at radius 2 is 1.71 bits per heavy atom. The van der Waals surface area contributed by atoms with Crippen LogP contribution in [-0.2, 0) is 21.2 Å². The second-order valence-electron chi connectivity index (χ2n) is 8.72. The molecule has 1 aromatic heterocycles. The maximum absolute atomic E-state index is 12.8. The molecule has 3 aromatic rings. The second kappa shape index (κ2) is 10.5. The van der Waals surface area contributed by atoms with Gasteiger partial charge in [0.25, 0.3) is 0 Å². The molecule has 8 nitrogen and oxygen atoms in total. The summed E-state index contributed by atoms with van der Waals surface area (Å²) in [5.74, 6) is 0.0397. The number of rotatable bonds is 8. The molecule has 2 heterocycles. The fraction of sp³-hybridized carbons (Fsp3) is 0.400. The molecule has 1 saturated heterocycles. The summed E-state index contributed by atoms with van der Waals surface area (Å²) in [7, 11) is -1.62. The maximum Gasteiger partial charge on any atom is 0.243 e. The fourth-order valence-corrected chi connectivity index (χ4v) is 5.71. The summed E-state index contributed by atoms with van der Waals surface area (Å²) in [5.41, 5.74) is 2.89. The number of amides is 1. The van der Waals surface area contributed by atoms with Crippen LogP contribution in [0.25, 0.3) is 5.69 Å². The van der Waals surface area contributed by atoms with Gasteiger partial charge in [0.1, 0.15) is 12.7 Å². The van der Waals surface area contributed by atoms with Crippen molar-refractivity contribution in [3.63, 3.8) is 0 Å². The lowest BCUT2D eigenvalue weighted by molar-refractivity contribution is -0.131. The molecule has 1 unspecified atom stereocenters. The Kier molecular flexibility index (Phi) is 7.43. The van der Waals surface area contributed by atoms with Crippen molar-refractivity contribution in [2.75, 3.05) is 20.1 Å². The van der Waals surface area contributed by atoms with Crippen molar-refractivity contribution in [3.05, 3.63) is 72.3 Å². The number of carbonyl (C=O) groups excluding carboxylic acids is 1. The number of sulfonamides is 1. The average Bonchev–Trinajstić information content (AvgIpc) is 3.42. The number of hydrogen-bond acceptors (Lipinski definition) is 5. The smallest absolute Gasteiger partial charge is 0.243 e. The van der Waals surface area contributed by atoms with Crippen molar-refractivity contribution < 1.29 is 13.2 Å². The summed E-state index contributed by atoms with van der Waals surface area (Å²) >= 11 is 0. The lowest BCUT2D eigenvalue weighted by atomic mass is 10.1. The number of carbonyl (C=O) groups is 1. The van der Waals surface area contributed by atoms with Crippen LogP contribution in [0.3, 0.4) is 0 Å². The Morgan fingerprint density at radius 3 is 2.32 bits per heavy atom. The van der Waals surface area contributed by atoms with Crippen LogP contribution in [0.2, 0.25) is 0 Å². The van der Waals surface area contributed by atoms with Crippen molar-refractivity contribution in [2.45, 2.75) is 50.0 Å². The molecule has 1 aliphatic rings. The van der Waals surface area contributed by atoms with Crippen LogP contribution >= 0.6 is 0 Å². The van der Waals surface area contributed by atoms with Crippen LogP contribution in [0.5, 0.6) is 0 Å². The Morgan fingerprint density at radius 1 is 1.03 bits per heavy atom. The first-order chi connectivity index (χ1) is 16.4. The summed E-state index contributed by atoms with van der Waals surface area (Å²) in [5, 5.41) is 4.13. The van der Waals surface area contributed by atoms with Gasteiger partial charge >= 0.3 is 0 Å². The minimum atomic E-state index is -3.43. The van der Waals surface area contributed by atoms with E-state index in [1.165, 1.54) is 6.33 Å². The molecule has 180 valence electrons. The minimum absolute atomic E-state index is 0.0397. The van der Waals surface area contributed by atoms with Gasteiger partial charge in [-0.2, -0.15) is 9.40 Å². The first-order valence-electron chi connectivity index (χ1n) is 11.7. The molecule has 0 spiro atoms. The van der Waals surface area contributed by atoms with E-state index in [9.17, 15) is 13.2 Å². The first-order valence-corrected chi connectivity index (χ1v) is 13.1. The number of aromatic nitrogens is 3. The Balaban J connectivity index is 1.33. The number of piperidine rings is 1. The van der Waals surface area contributed by atoms with E-state index in [1.807, 2.05) is 50.4 Å². The van der Waals surface area contributed by atoms with E-state index < -0.39 is 10.0 Å². The highest BCUT2D eigenvalue weighted by Crippen LogP contribution is 2.23. The third-order valence-corrected chi connectivity index (χ3v) is 8.45. The molecule has 1 fully saturated rings. The summed E-state index contributed by atoms with van der Waals surface area (Å²) in [4.78, 5) is 18.8. The number of hydrogen-bond donors (Lipinski definition) is 0. The van der Waals surface area contributed by atoms with Crippen molar-refractivity contribution in [1.82, 2.24) is 24.0 Å². The van der Waals surface area contributed by atoms with Gasteiger partial charge in [-0.25, -0.2) is 18.1 Å². The zero-order chi connectivity index (χ0) is 24.1. The zero-order valence-electron chi connectivity index (χ0n) is 19.7. The highest BCUT2D eigenvalue weighted by Gasteiger charge is 2.25. The summed E-state index contributed by atoms with van der Waals surface area (Å²) in [6.07, 6.45) is 6.96. The molecule has 0 bridgehead atoms. The zero-order valence-corrected chi connectivity index (χ0v) is 20.5. The lowest BCUT2D eigenvalue weighted by Crippen LogP contribution is -2.35. The Hall–Kier alpha value is -3.04. The van der Waals surface area contributed by atoms with E-state index in [-0.39, 0.29) is 11.9 Å². The first kappa shape index (κ1) is 24.1. The van der Waals surface area contributed by atoms with E-state index in [0.717, 1.165) is 36.1 Å². The number of nitrogens with zero attached hydrogens (tertiary/aromatic N) is 5. The molecule has 0 aliphatic carbocycles. The highest BCUT2D eigenvalue weighted by molar-refractivity contribution is 7.89. The largest absolute Gasteiger partial charge is 0.339 e. The van der Waals surface area contributed by atoms with Gasteiger partial charge in [0.05, 0.1) is 16.6 Å². The van der Waals surface area contributed by atoms with Gasteiger partial charge in [-0.05, 0) is 61.6 Å². The summed E-state index contributed by atoms with van der Waals surface area (Å²) < 4.78 is 28.9. The number of benzene rings is 2. The van der Waals surface area contributed by atoms with Crippen LogP contribution in [0.4, 0.5) is 0 Å². The average molecular weight is 482 g/mol. The third-order valence-electron chi connectivity index (χ3n) is 6.54. The molecule has 2 aromatic carbocycles. The van der Waals surface area contributed by atoms with Crippen molar-refractivity contribution in [3.8, 4) is 5.69 Å². The Bertz CT molecular complexity index is 1190. The second-order valence-corrected chi connectivity index (χ2v) is 10.7. The van der Waals surface area contributed by atoms with Gasteiger partial charge in [-0.1, -0.05) is 30.7 Å². The molecule has 0 radical (unpaired) electrons. The molecule has 1 aliphatic heterocycles. The van der Waals surface area contributed by atoms with Crippen molar-refractivity contribution in [2.24, 2.45) is 0 Å². The van der Waals surface area contributed by atoms with Crippen LogP contribution in [-0.4, -0.2) is 58.4 Å². The van der Waals surface area contributed by atoms with Gasteiger partial charge in [0.2, 0.25) is 15.9 Å². The molecule has 4 rings (SSSR count). The molecular formula is C25H31N5O3S. The van der Waals surface area contributed by atoms with Crippen LogP contribution < -0.4 is 0 Å². The van der Waals surface area contributed by atoms with E-state index in [0.29, 0.717) is 30.8 Å². The quantitative estimate of drug-likeness (QED) is 0.491. The van der Waals surface area contributed by atoms with Crippen molar-refractivity contribution in [1.29, 1.82) is 0 Å². The standard InChI is InChI=1S/C25H31N5O3S/c1-20(22-9-11-23(12-10-22)30-19-26-18-27-30)28(2)25(31)15-8-21-6-13-24(14-7-21)34(32,33)29-16-4-3-5-17-29/h6-7,9-14,18-20H,3-5,8,15-17H2,1-2H3. The predicted molar refractivity (Wildman–Crippen MR) is 130 cm³/mol. The van der Waals surface area contributed by atoms with Crippen LogP contribution in [0.15, 0.2) is 66.1 Å². The SMILES string of the molecule is CC(c1ccc(-n2cncn2)cc1)N(C)C(=O)CCc1ccc(S(=O)(=O)N2CCCCC2)cc1. The van der Waals surface area contributed by atoms with E-state index in [1.54, 1.807) is 32.3 Å². The number of aryl methyl sites for hydroxylation is 1. The van der Waals surface area contributed by atoms with Crippen LogP contribution in [0, 0.1) is 0 Å². The topological polar surface area (TPSA) is 88.4 Å². The molecular weight excluding hydrogens is 450 g/mol. The predicted octanol–water partition coefficient (Wildman–Crippen LogP) is 3.59. The normalized spacial score (nSPS) is 15.7. The van der Waals surface area contributed by atoms with Gasteiger partial charge in [-0.3, -0.25) is 4.79 Å². The summed E-state index contributed by atoms with van der Waals surface area (Å²) in [6, 6.07) is 14.8. The Labute approximate surface area is 201 Å². The fourth-order valence-electron chi connectivity index (χ4n) is 4.20. The van der Waals surface area contributed by atoms with Gasteiger partial charge in [0, 0.05) is 26.6 Å². The monoisotopic (exact) mass is 481 g/mol. The van der Waals surface area contributed by atoms with Gasteiger partial charge in [0.15, 0.2) is 0 Å². The molecule has 9 heteroatoms. The van der Waals surface area contributed by atoms with Crippen LogP contribution in [0.1, 0.15) is 49.8 Å². The summed E-state index contributed by atoms with van der Waals surface area (Å²) in [6.45, 7) is 3.18. The van der Waals surface area contributed by atoms with Crippen molar-refractivity contribution >= 4 is 15.9 Å². The maximum atomic E-state index is 12.8. The molecule has 0 N–H and O–H groups in total. The van der Waals surface area contributed by atoms with E-state index >= 15 is 0 Å². The minimum Gasteiger partial charge on any atom is -0.339 e.